The summed E-state index contributed by atoms with van der Waals surface area (Å²) in [5.41, 5.74) is 1.79. The van der Waals surface area contributed by atoms with Gasteiger partial charge in [-0.3, -0.25) is 9.59 Å². The minimum absolute atomic E-state index is 0.130. The van der Waals surface area contributed by atoms with Gasteiger partial charge in [-0.25, -0.2) is 4.79 Å². The molecular weight excluding hydrogens is 420 g/mol. The van der Waals surface area contributed by atoms with Crippen LogP contribution in [0, 0.1) is 0 Å². The van der Waals surface area contributed by atoms with Crippen LogP contribution in [-0.4, -0.2) is 28.7 Å². The molecule has 1 heterocycles. The summed E-state index contributed by atoms with van der Waals surface area (Å²) in [6.07, 6.45) is 1.83. The number of ether oxygens (including phenoxy) is 1. The monoisotopic (exact) mass is 442 g/mol. The highest BCUT2D eigenvalue weighted by Gasteiger charge is 2.12. The molecule has 1 amide bonds. The Labute approximate surface area is 189 Å². The van der Waals surface area contributed by atoms with Crippen molar-refractivity contribution in [3.05, 3.63) is 106 Å². The molecule has 0 saturated carbocycles. The molecule has 3 aromatic carbocycles. The van der Waals surface area contributed by atoms with E-state index in [0.717, 1.165) is 16.7 Å². The third-order valence-electron chi connectivity index (χ3n) is 5.37. The quantitative estimate of drug-likeness (QED) is 0.452. The summed E-state index contributed by atoms with van der Waals surface area (Å²) in [5, 5.41) is 13.4. The van der Waals surface area contributed by atoms with Crippen molar-refractivity contribution < 1.29 is 19.4 Å². The molecule has 0 radical (unpaired) electrons. The van der Waals surface area contributed by atoms with Gasteiger partial charge in [-0.15, -0.1) is 0 Å². The van der Waals surface area contributed by atoms with Crippen LogP contribution in [0.3, 0.4) is 0 Å². The normalized spacial score (nSPS) is 10.7. The van der Waals surface area contributed by atoms with E-state index in [0.29, 0.717) is 16.6 Å². The molecule has 0 spiro atoms. The Hall–Kier alpha value is -4.39. The number of anilines is 1. The second-order valence-corrected chi connectivity index (χ2v) is 7.59. The molecule has 7 heteroatoms. The SMILES string of the molecule is COc1ccc(CC(=O)Nc2ccc3ccn(Cc4ccccc4C(=O)O)c(=O)c3c2)cc1. The van der Waals surface area contributed by atoms with Crippen LogP contribution in [0.1, 0.15) is 21.5 Å². The minimum atomic E-state index is -1.04. The number of rotatable bonds is 7. The van der Waals surface area contributed by atoms with Crippen molar-refractivity contribution >= 4 is 28.3 Å². The molecule has 0 bridgehead atoms. The number of carbonyl (C=O) groups excluding carboxylic acids is 1. The van der Waals surface area contributed by atoms with Crippen LogP contribution in [0.4, 0.5) is 5.69 Å². The van der Waals surface area contributed by atoms with Gasteiger partial charge in [0.15, 0.2) is 0 Å². The molecule has 0 saturated heterocycles. The molecule has 4 rings (SSSR count). The molecule has 4 aromatic rings. The van der Waals surface area contributed by atoms with E-state index < -0.39 is 5.97 Å². The number of benzene rings is 3. The van der Waals surface area contributed by atoms with Crippen molar-refractivity contribution in [2.24, 2.45) is 0 Å². The highest BCUT2D eigenvalue weighted by atomic mass is 16.5. The van der Waals surface area contributed by atoms with Gasteiger partial charge >= 0.3 is 5.97 Å². The fourth-order valence-corrected chi connectivity index (χ4v) is 3.67. The first-order valence-electron chi connectivity index (χ1n) is 10.3. The predicted octanol–water partition coefficient (Wildman–Crippen LogP) is 3.94. The average Bonchev–Trinajstić information content (AvgIpc) is 2.82. The van der Waals surface area contributed by atoms with E-state index in [2.05, 4.69) is 5.32 Å². The average molecular weight is 442 g/mol. The summed E-state index contributed by atoms with van der Waals surface area (Å²) in [4.78, 5) is 37.1. The fraction of sp³-hybridized carbons (Fsp3) is 0.115. The van der Waals surface area contributed by atoms with E-state index in [9.17, 15) is 19.5 Å². The van der Waals surface area contributed by atoms with Crippen LogP contribution in [0.2, 0.25) is 0 Å². The van der Waals surface area contributed by atoms with Gasteiger partial charge in [0.2, 0.25) is 5.91 Å². The van der Waals surface area contributed by atoms with Gasteiger partial charge in [-0.2, -0.15) is 0 Å². The zero-order valence-electron chi connectivity index (χ0n) is 17.9. The minimum Gasteiger partial charge on any atom is -0.497 e. The summed E-state index contributed by atoms with van der Waals surface area (Å²) in [6.45, 7) is 0.130. The number of carbonyl (C=O) groups is 2. The second kappa shape index (κ2) is 9.40. The van der Waals surface area contributed by atoms with Gasteiger partial charge in [0.1, 0.15) is 5.75 Å². The smallest absolute Gasteiger partial charge is 0.336 e. The van der Waals surface area contributed by atoms with Crippen LogP contribution >= 0.6 is 0 Å². The molecule has 0 atom stereocenters. The highest BCUT2D eigenvalue weighted by molar-refractivity contribution is 5.95. The molecule has 0 aliphatic carbocycles. The standard InChI is InChI=1S/C26H22N2O5/c1-33-21-10-6-17(7-11-21)14-24(29)27-20-9-8-18-12-13-28(25(30)23(18)15-20)16-19-4-2-3-5-22(19)26(31)32/h2-13,15H,14,16H2,1H3,(H,27,29)(H,31,32). The molecule has 1 aromatic heterocycles. The van der Waals surface area contributed by atoms with E-state index in [4.69, 9.17) is 4.74 Å². The maximum atomic E-state index is 13.1. The molecule has 33 heavy (non-hydrogen) atoms. The Balaban J connectivity index is 1.56. The van der Waals surface area contributed by atoms with Crippen molar-refractivity contribution in [2.45, 2.75) is 13.0 Å². The largest absolute Gasteiger partial charge is 0.497 e. The number of hydrogen-bond acceptors (Lipinski definition) is 4. The predicted molar refractivity (Wildman–Crippen MR) is 126 cm³/mol. The Morgan fingerprint density at radius 1 is 1.00 bits per heavy atom. The summed E-state index contributed by atoms with van der Waals surface area (Å²) in [5.74, 6) is -0.525. The fourth-order valence-electron chi connectivity index (χ4n) is 3.67. The van der Waals surface area contributed by atoms with Crippen LogP contribution in [0.15, 0.2) is 83.8 Å². The van der Waals surface area contributed by atoms with Crippen molar-refractivity contribution in [2.75, 3.05) is 12.4 Å². The third kappa shape index (κ3) is 4.93. The van der Waals surface area contributed by atoms with Gasteiger partial charge in [-0.05, 0) is 52.9 Å². The maximum absolute atomic E-state index is 13.1. The summed E-state index contributed by atoms with van der Waals surface area (Å²) in [6, 6.07) is 20.8. The number of nitrogens with zero attached hydrogens (tertiary/aromatic N) is 1. The van der Waals surface area contributed by atoms with Crippen LogP contribution < -0.4 is 15.6 Å². The van der Waals surface area contributed by atoms with Gasteiger partial charge in [0.25, 0.3) is 5.56 Å². The Morgan fingerprint density at radius 2 is 1.76 bits per heavy atom. The zero-order chi connectivity index (χ0) is 23.4. The first-order valence-corrected chi connectivity index (χ1v) is 10.3. The highest BCUT2D eigenvalue weighted by Crippen LogP contribution is 2.18. The first kappa shape index (κ1) is 21.8. The topological polar surface area (TPSA) is 97.6 Å². The van der Waals surface area contributed by atoms with Gasteiger partial charge in [0, 0.05) is 17.3 Å². The molecule has 0 aliphatic rings. The second-order valence-electron chi connectivity index (χ2n) is 7.59. The van der Waals surface area contributed by atoms with Crippen LogP contribution in [0.25, 0.3) is 10.8 Å². The maximum Gasteiger partial charge on any atom is 0.336 e. The van der Waals surface area contributed by atoms with Crippen LogP contribution in [-0.2, 0) is 17.8 Å². The number of amides is 1. The van der Waals surface area contributed by atoms with E-state index in [1.54, 1.807) is 67.9 Å². The van der Waals surface area contributed by atoms with Crippen molar-refractivity contribution in [1.82, 2.24) is 4.57 Å². The van der Waals surface area contributed by atoms with Gasteiger partial charge < -0.3 is 19.7 Å². The van der Waals surface area contributed by atoms with Crippen molar-refractivity contribution in [3.8, 4) is 5.75 Å². The van der Waals surface area contributed by atoms with Gasteiger partial charge in [-0.1, -0.05) is 36.4 Å². The Morgan fingerprint density at radius 3 is 2.48 bits per heavy atom. The molecular formula is C26H22N2O5. The van der Waals surface area contributed by atoms with Crippen LogP contribution in [0.5, 0.6) is 5.75 Å². The zero-order valence-corrected chi connectivity index (χ0v) is 17.9. The lowest BCUT2D eigenvalue weighted by Gasteiger charge is -2.11. The Kier molecular flexibility index (Phi) is 6.22. The lowest BCUT2D eigenvalue weighted by molar-refractivity contribution is -0.115. The first-order chi connectivity index (χ1) is 15.9. The van der Waals surface area contributed by atoms with Crippen molar-refractivity contribution in [1.29, 1.82) is 0 Å². The molecule has 0 aliphatic heterocycles. The molecule has 0 unspecified atom stereocenters. The number of aromatic nitrogens is 1. The molecule has 0 fully saturated rings. The number of methoxy groups -OCH3 is 1. The summed E-state index contributed by atoms with van der Waals surface area (Å²) >= 11 is 0. The number of carboxylic acid groups (broad SMARTS) is 1. The third-order valence-corrected chi connectivity index (χ3v) is 5.37. The van der Waals surface area contributed by atoms with E-state index in [1.165, 1.54) is 10.6 Å². The van der Waals surface area contributed by atoms with E-state index >= 15 is 0 Å². The van der Waals surface area contributed by atoms with Crippen molar-refractivity contribution in [3.63, 3.8) is 0 Å². The number of fused-ring (bicyclic) bond motifs is 1. The number of carboxylic acids is 1. The van der Waals surface area contributed by atoms with E-state index in [1.807, 2.05) is 12.1 Å². The number of pyridine rings is 1. The van der Waals surface area contributed by atoms with Gasteiger partial charge in [0.05, 0.1) is 25.6 Å². The molecule has 166 valence electrons. The van der Waals surface area contributed by atoms with E-state index in [-0.39, 0.29) is 30.0 Å². The molecule has 2 N–H and O–H groups in total. The number of aromatic carboxylic acids is 1. The Bertz CT molecular complexity index is 1390. The lowest BCUT2D eigenvalue weighted by atomic mass is 10.1. The number of hydrogen-bond donors (Lipinski definition) is 2. The molecule has 7 nitrogen and oxygen atoms in total. The summed E-state index contributed by atoms with van der Waals surface area (Å²) < 4.78 is 6.59. The summed E-state index contributed by atoms with van der Waals surface area (Å²) in [7, 11) is 1.58. The number of nitrogens with one attached hydrogen (secondary N) is 1. The lowest BCUT2D eigenvalue weighted by Crippen LogP contribution is -2.21.